The molecule has 0 amide bonds. The molecule has 1 saturated carbocycles. The third kappa shape index (κ3) is 7.77. The van der Waals surface area contributed by atoms with E-state index in [1.807, 2.05) is 0 Å². The highest BCUT2D eigenvalue weighted by Crippen LogP contribution is 2.55. The number of alkyl halides is 1. The Bertz CT molecular complexity index is 1190. The molecule has 1 fully saturated rings. The zero-order valence-electron chi connectivity index (χ0n) is 19.3. The Balaban J connectivity index is 1.77. The van der Waals surface area contributed by atoms with E-state index in [9.17, 15) is 24.2 Å². The van der Waals surface area contributed by atoms with Crippen LogP contribution < -0.4 is 5.32 Å². The highest BCUT2D eigenvalue weighted by molar-refractivity contribution is 7.70. The van der Waals surface area contributed by atoms with E-state index >= 15 is 4.39 Å². The Hall–Kier alpha value is -1.47. The summed E-state index contributed by atoms with van der Waals surface area (Å²) >= 11 is 6.00. The maximum absolute atomic E-state index is 15.2. The Morgan fingerprint density at radius 3 is 2.58 bits per heavy atom. The van der Waals surface area contributed by atoms with Crippen LogP contribution in [0.2, 0.25) is 5.28 Å². The van der Waals surface area contributed by atoms with Gasteiger partial charge in [-0.05, 0) is 36.4 Å². The first-order valence-corrected chi connectivity index (χ1v) is 15.1. The molecule has 0 spiro atoms. The van der Waals surface area contributed by atoms with Crippen LogP contribution in [0.25, 0.3) is 11.0 Å². The second-order valence-corrected chi connectivity index (χ2v) is 12.9. The lowest BCUT2D eigenvalue weighted by Crippen LogP contribution is -2.34. The minimum Gasteiger partial charge on any atom is -0.385 e. The number of anilines is 1. The van der Waals surface area contributed by atoms with E-state index in [-0.39, 0.29) is 29.0 Å². The molecule has 36 heavy (non-hydrogen) atoms. The van der Waals surface area contributed by atoms with E-state index in [0.717, 1.165) is 30.4 Å². The molecule has 2 heterocycles. The fraction of sp³-hybridized carbons (Fsp3) is 0.632. The number of halogens is 2. The van der Waals surface area contributed by atoms with Crippen molar-refractivity contribution in [1.82, 2.24) is 19.7 Å². The maximum atomic E-state index is 15.2. The minimum absolute atomic E-state index is 0.0892. The lowest BCUT2D eigenvalue weighted by atomic mass is 10.0. The van der Waals surface area contributed by atoms with Gasteiger partial charge in [0.2, 0.25) is 5.28 Å². The summed E-state index contributed by atoms with van der Waals surface area (Å²) in [6.45, 7) is 0.847. The Morgan fingerprint density at radius 2 is 1.97 bits per heavy atom. The summed E-state index contributed by atoms with van der Waals surface area (Å²) in [5.41, 5.74) is -0.102. The van der Waals surface area contributed by atoms with Gasteiger partial charge in [0.25, 0.3) is 0 Å². The van der Waals surface area contributed by atoms with Crippen LogP contribution in [0.4, 0.5) is 10.2 Å². The first-order valence-electron chi connectivity index (χ1n) is 11.2. The number of aliphatic hydroxyl groups excluding tert-OH is 2. The summed E-state index contributed by atoms with van der Waals surface area (Å²) in [5, 5.41) is 28.7. The molecule has 2 aromatic heterocycles. The van der Waals surface area contributed by atoms with Crippen LogP contribution in [0, 0.1) is 0 Å². The van der Waals surface area contributed by atoms with Gasteiger partial charge in [0, 0.05) is 12.2 Å². The molecule has 0 radical (unpaired) electrons. The SMILES string of the molecule is CC/C=C(/COP(=O)(O)CP(=O)(O)O)[C@@H](O)[C@H](F)[C@@H](O)n1cc2c(NC3CCCC3)nc(Cl)nc2n1. The molecule has 1 aliphatic carbocycles. The number of hydrogen-bond donors (Lipinski definition) is 6. The van der Waals surface area contributed by atoms with E-state index in [1.54, 1.807) is 6.92 Å². The van der Waals surface area contributed by atoms with E-state index in [4.69, 9.17) is 25.9 Å². The average Bonchev–Trinajstić information content (AvgIpc) is 3.43. The fourth-order valence-corrected chi connectivity index (χ4v) is 6.60. The highest BCUT2D eigenvalue weighted by atomic mass is 35.5. The smallest absolute Gasteiger partial charge is 0.340 e. The van der Waals surface area contributed by atoms with Crippen LogP contribution in [0.1, 0.15) is 45.3 Å². The Labute approximate surface area is 211 Å². The van der Waals surface area contributed by atoms with Crippen LogP contribution in [0.5, 0.6) is 0 Å². The minimum atomic E-state index is -4.86. The Morgan fingerprint density at radius 1 is 1.31 bits per heavy atom. The van der Waals surface area contributed by atoms with Crippen molar-refractivity contribution in [2.45, 2.75) is 63.6 Å². The van der Waals surface area contributed by atoms with Gasteiger partial charge in [-0.2, -0.15) is 9.97 Å². The molecule has 13 nitrogen and oxygen atoms in total. The molecule has 2 aromatic rings. The summed E-state index contributed by atoms with van der Waals surface area (Å²) in [5.74, 6) is -1.05. The van der Waals surface area contributed by atoms with Crippen molar-refractivity contribution in [3.8, 4) is 0 Å². The van der Waals surface area contributed by atoms with Gasteiger partial charge in [0.1, 0.15) is 11.9 Å². The van der Waals surface area contributed by atoms with Crippen molar-refractivity contribution in [2.24, 2.45) is 0 Å². The molecule has 6 N–H and O–H groups in total. The monoisotopic (exact) mass is 571 g/mol. The average molecular weight is 572 g/mol. The van der Waals surface area contributed by atoms with Crippen LogP contribution in [0.3, 0.4) is 0 Å². The normalized spacial score (nSPS) is 19.8. The van der Waals surface area contributed by atoms with Crippen molar-refractivity contribution in [3.63, 3.8) is 0 Å². The molecule has 3 rings (SSSR count). The first-order chi connectivity index (χ1) is 16.8. The number of nitrogens with one attached hydrogen (secondary N) is 1. The van der Waals surface area contributed by atoms with Gasteiger partial charge in [-0.3, -0.25) is 9.13 Å². The molecule has 1 aliphatic rings. The standard InChI is InChI=1S/C19H29ClFN5O8P2/c1-2-5-11(9-34-36(32,33)10-35(29,30)31)15(27)14(21)18(28)26-8-13-16(22-12-6-3-4-7-12)23-19(20)24-17(13)25-26/h5,8,12,14-15,18,27-28H,2-4,6-7,9-10H2,1H3,(H,32,33)(H2,29,30,31)(H,22,23,24,25)/b11-5-/t14-,15+,18+/m0/s1. The molecular weight excluding hydrogens is 543 g/mol. The largest absolute Gasteiger partial charge is 0.385 e. The molecule has 0 aromatic carbocycles. The second-order valence-electron chi connectivity index (χ2n) is 8.52. The number of hydrogen-bond acceptors (Lipinski definition) is 9. The van der Waals surface area contributed by atoms with Crippen LogP contribution in [0.15, 0.2) is 17.8 Å². The maximum Gasteiger partial charge on any atom is 0.340 e. The fourth-order valence-electron chi connectivity index (χ4n) is 3.90. The van der Waals surface area contributed by atoms with Gasteiger partial charge in [0.15, 0.2) is 23.9 Å². The third-order valence-electron chi connectivity index (χ3n) is 5.57. The van der Waals surface area contributed by atoms with Gasteiger partial charge in [-0.25, -0.2) is 9.07 Å². The molecular formula is C19H29ClFN5O8P2. The molecule has 0 saturated heterocycles. The highest BCUT2D eigenvalue weighted by Gasteiger charge is 2.35. The van der Waals surface area contributed by atoms with Gasteiger partial charge in [0.05, 0.1) is 12.0 Å². The van der Waals surface area contributed by atoms with Crippen LogP contribution in [-0.4, -0.2) is 75.5 Å². The van der Waals surface area contributed by atoms with E-state index < -0.39 is 46.2 Å². The lowest BCUT2D eigenvalue weighted by molar-refractivity contribution is -0.0432. The topological polar surface area (TPSA) is 200 Å². The molecule has 17 heteroatoms. The summed E-state index contributed by atoms with van der Waals surface area (Å²) in [7, 11) is -9.60. The first kappa shape index (κ1) is 29.1. The van der Waals surface area contributed by atoms with Gasteiger partial charge >= 0.3 is 15.2 Å². The Kier molecular flexibility index (Phi) is 9.64. The number of aliphatic hydroxyl groups is 2. The summed E-state index contributed by atoms with van der Waals surface area (Å²) in [6.07, 6.45) is 0.576. The van der Waals surface area contributed by atoms with Crippen molar-refractivity contribution in [3.05, 3.63) is 23.1 Å². The van der Waals surface area contributed by atoms with Crippen molar-refractivity contribution in [1.29, 1.82) is 0 Å². The molecule has 0 bridgehead atoms. The summed E-state index contributed by atoms with van der Waals surface area (Å²) < 4.78 is 43.7. The number of nitrogens with zero attached hydrogens (tertiary/aromatic N) is 4. The van der Waals surface area contributed by atoms with Crippen molar-refractivity contribution in [2.75, 3.05) is 17.8 Å². The third-order valence-corrected chi connectivity index (χ3v) is 9.17. The van der Waals surface area contributed by atoms with Crippen LogP contribution >= 0.6 is 26.8 Å². The lowest BCUT2D eigenvalue weighted by Gasteiger charge is -2.24. The predicted octanol–water partition coefficient (Wildman–Crippen LogP) is 2.70. The molecule has 4 atom stereocenters. The van der Waals surface area contributed by atoms with Crippen LogP contribution in [-0.2, 0) is 13.7 Å². The number of aromatic nitrogens is 4. The zero-order chi connectivity index (χ0) is 26.7. The number of fused-ring (bicyclic) bond motifs is 1. The number of rotatable bonds is 12. The quantitative estimate of drug-likeness (QED) is 0.124. The van der Waals surface area contributed by atoms with Crippen molar-refractivity contribution >= 4 is 43.6 Å². The van der Waals surface area contributed by atoms with Gasteiger partial charge < -0.3 is 34.7 Å². The van der Waals surface area contributed by atoms with Crippen molar-refractivity contribution < 1.29 is 42.9 Å². The molecule has 1 unspecified atom stereocenters. The molecule has 0 aliphatic heterocycles. The van der Waals surface area contributed by atoms with E-state index in [1.165, 1.54) is 12.3 Å². The zero-order valence-corrected chi connectivity index (χ0v) is 21.9. The second kappa shape index (κ2) is 11.9. The summed E-state index contributed by atoms with van der Waals surface area (Å²) in [6, 6.07) is 0.179. The van der Waals surface area contributed by atoms with E-state index in [0.29, 0.717) is 11.2 Å². The van der Waals surface area contributed by atoms with Gasteiger partial charge in [-0.1, -0.05) is 25.8 Å². The number of allylic oxidation sites excluding steroid dienone is 1. The van der Waals surface area contributed by atoms with Gasteiger partial charge in [-0.15, -0.1) is 5.10 Å². The molecule has 202 valence electrons. The van der Waals surface area contributed by atoms with E-state index in [2.05, 4.69) is 20.4 Å². The summed E-state index contributed by atoms with van der Waals surface area (Å²) in [4.78, 5) is 35.6. The predicted molar refractivity (Wildman–Crippen MR) is 129 cm³/mol.